The van der Waals surface area contributed by atoms with Gasteiger partial charge in [-0.1, -0.05) is 22.0 Å². The standard InChI is InChI=1S/C5H7BrO/c1-2-4-5(3-6)7-4/h2,4-5H,1,3H2/t4-,5-/m0/s1. The molecule has 1 rings (SSSR count). The molecule has 1 aliphatic heterocycles. The van der Waals surface area contributed by atoms with Crippen LogP contribution in [0.4, 0.5) is 0 Å². The van der Waals surface area contributed by atoms with Crippen molar-refractivity contribution in [1.82, 2.24) is 0 Å². The Labute approximate surface area is 51.5 Å². The molecule has 0 radical (unpaired) electrons. The molecule has 0 aromatic rings. The van der Waals surface area contributed by atoms with Crippen LogP contribution in [0.5, 0.6) is 0 Å². The van der Waals surface area contributed by atoms with Crippen LogP contribution in [0, 0.1) is 0 Å². The van der Waals surface area contributed by atoms with E-state index in [1.165, 1.54) is 0 Å². The summed E-state index contributed by atoms with van der Waals surface area (Å²) in [7, 11) is 0. The molecule has 1 heterocycles. The molecule has 40 valence electrons. The first kappa shape index (κ1) is 5.32. The molecule has 0 spiro atoms. The zero-order valence-corrected chi connectivity index (χ0v) is 5.52. The highest BCUT2D eigenvalue weighted by atomic mass is 79.9. The van der Waals surface area contributed by atoms with Crippen LogP contribution >= 0.6 is 15.9 Å². The molecule has 0 aromatic heterocycles. The van der Waals surface area contributed by atoms with Gasteiger partial charge in [0.05, 0.1) is 6.10 Å². The Morgan fingerprint density at radius 2 is 2.57 bits per heavy atom. The molecule has 1 nitrogen and oxygen atoms in total. The van der Waals surface area contributed by atoms with Gasteiger partial charge < -0.3 is 4.74 Å². The van der Waals surface area contributed by atoms with Gasteiger partial charge in [-0.05, 0) is 0 Å². The van der Waals surface area contributed by atoms with Crippen molar-refractivity contribution in [3.63, 3.8) is 0 Å². The fraction of sp³-hybridized carbons (Fsp3) is 0.600. The van der Waals surface area contributed by atoms with E-state index in [0.717, 1.165) is 5.33 Å². The topological polar surface area (TPSA) is 12.5 Å². The van der Waals surface area contributed by atoms with Crippen LogP contribution in [-0.4, -0.2) is 17.5 Å². The van der Waals surface area contributed by atoms with Crippen LogP contribution in [0.2, 0.25) is 0 Å². The fourth-order valence-corrected chi connectivity index (χ4v) is 1.01. The third-order valence-corrected chi connectivity index (χ3v) is 1.64. The maximum absolute atomic E-state index is 5.05. The fourth-order valence-electron chi connectivity index (χ4n) is 0.488. The largest absolute Gasteiger partial charge is 0.364 e. The average molecular weight is 163 g/mol. The SMILES string of the molecule is C=C[C@@H]1O[C@H]1CBr. The molecule has 0 bridgehead atoms. The molecule has 1 fully saturated rings. The molecule has 1 aliphatic rings. The molecule has 1 saturated heterocycles. The van der Waals surface area contributed by atoms with E-state index in [9.17, 15) is 0 Å². The third kappa shape index (κ3) is 1.04. The lowest BCUT2D eigenvalue weighted by Gasteiger charge is -1.72. The second kappa shape index (κ2) is 1.97. The van der Waals surface area contributed by atoms with Crippen LogP contribution in [-0.2, 0) is 4.74 Å². The molecule has 2 heteroatoms. The lowest BCUT2D eigenvalue weighted by molar-refractivity contribution is 0.403. The summed E-state index contributed by atoms with van der Waals surface area (Å²) in [6.45, 7) is 3.58. The van der Waals surface area contributed by atoms with E-state index in [-0.39, 0.29) is 0 Å². The normalized spacial score (nSPS) is 37.9. The number of hydrogen-bond acceptors (Lipinski definition) is 1. The number of rotatable bonds is 2. The summed E-state index contributed by atoms with van der Waals surface area (Å²) in [5.41, 5.74) is 0. The minimum Gasteiger partial charge on any atom is -0.364 e. The second-order valence-electron chi connectivity index (χ2n) is 1.53. The second-order valence-corrected chi connectivity index (χ2v) is 2.18. The van der Waals surface area contributed by atoms with Crippen molar-refractivity contribution >= 4 is 15.9 Å². The Balaban J connectivity index is 2.17. The van der Waals surface area contributed by atoms with Crippen LogP contribution < -0.4 is 0 Å². The van der Waals surface area contributed by atoms with Crippen molar-refractivity contribution in [3.8, 4) is 0 Å². The predicted octanol–water partition coefficient (Wildman–Crippen LogP) is 1.33. The van der Waals surface area contributed by atoms with Crippen molar-refractivity contribution in [3.05, 3.63) is 12.7 Å². The van der Waals surface area contributed by atoms with Gasteiger partial charge in [-0.2, -0.15) is 0 Å². The van der Waals surface area contributed by atoms with Gasteiger partial charge in [0.25, 0.3) is 0 Å². The summed E-state index contributed by atoms with van der Waals surface area (Å²) in [5.74, 6) is 0. The molecule has 2 atom stereocenters. The Morgan fingerprint density at radius 3 is 2.71 bits per heavy atom. The van der Waals surface area contributed by atoms with Gasteiger partial charge >= 0.3 is 0 Å². The Bertz CT molecular complexity index is 82.1. The summed E-state index contributed by atoms with van der Waals surface area (Å²) in [4.78, 5) is 0. The predicted molar refractivity (Wildman–Crippen MR) is 32.7 cm³/mol. The zero-order valence-electron chi connectivity index (χ0n) is 3.93. The highest BCUT2D eigenvalue weighted by Gasteiger charge is 2.34. The summed E-state index contributed by atoms with van der Waals surface area (Å²) >= 11 is 3.28. The van der Waals surface area contributed by atoms with Gasteiger partial charge in [0.1, 0.15) is 6.10 Å². The van der Waals surface area contributed by atoms with Crippen molar-refractivity contribution in [2.75, 3.05) is 5.33 Å². The maximum Gasteiger partial charge on any atom is 0.103 e. The zero-order chi connectivity index (χ0) is 5.28. The van der Waals surface area contributed by atoms with Crippen LogP contribution in [0.1, 0.15) is 0 Å². The summed E-state index contributed by atoms with van der Waals surface area (Å²) in [6.07, 6.45) is 2.57. The van der Waals surface area contributed by atoms with Gasteiger partial charge in [-0.3, -0.25) is 0 Å². The van der Waals surface area contributed by atoms with Crippen LogP contribution in [0.15, 0.2) is 12.7 Å². The molecular weight excluding hydrogens is 156 g/mol. The van der Waals surface area contributed by atoms with Gasteiger partial charge in [-0.25, -0.2) is 0 Å². The monoisotopic (exact) mass is 162 g/mol. The number of epoxide rings is 1. The molecule has 0 unspecified atom stereocenters. The number of alkyl halides is 1. The third-order valence-electron chi connectivity index (χ3n) is 1.01. The van der Waals surface area contributed by atoms with Gasteiger partial charge in [-0.15, -0.1) is 6.58 Å². The van der Waals surface area contributed by atoms with Crippen molar-refractivity contribution in [2.45, 2.75) is 12.2 Å². The highest BCUT2D eigenvalue weighted by molar-refractivity contribution is 9.09. The summed E-state index contributed by atoms with van der Waals surface area (Å²) < 4.78 is 5.05. The molecule has 0 amide bonds. The quantitative estimate of drug-likeness (QED) is 0.340. The lowest BCUT2D eigenvalue weighted by atomic mass is 10.3. The van der Waals surface area contributed by atoms with Crippen molar-refractivity contribution < 1.29 is 4.74 Å². The van der Waals surface area contributed by atoms with E-state index >= 15 is 0 Å². The lowest BCUT2D eigenvalue weighted by Crippen LogP contribution is -1.88. The van der Waals surface area contributed by atoms with E-state index in [4.69, 9.17) is 4.74 Å². The van der Waals surface area contributed by atoms with Crippen LogP contribution in [0.3, 0.4) is 0 Å². The molecule has 0 aromatic carbocycles. The Hall–Kier alpha value is 0.180. The molecule has 7 heavy (non-hydrogen) atoms. The number of hydrogen-bond donors (Lipinski definition) is 0. The van der Waals surface area contributed by atoms with Gasteiger partial charge in [0.15, 0.2) is 0 Å². The van der Waals surface area contributed by atoms with Gasteiger partial charge in [0.2, 0.25) is 0 Å². The maximum atomic E-state index is 5.05. The van der Waals surface area contributed by atoms with Crippen molar-refractivity contribution in [2.24, 2.45) is 0 Å². The minimum atomic E-state index is 0.333. The molecule has 0 N–H and O–H groups in total. The average Bonchev–Trinajstić information content (AvgIpc) is 2.43. The summed E-state index contributed by atoms with van der Waals surface area (Å²) in [6, 6.07) is 0. The molecular formula is C5H7BrO. The molecule has 0 aliphatic carbocycles. The van der Waals surface area contributed by atoms with E-state index in [1.807, 2.05) is 6.08 Å². The van der Waals surface area contributed by atoms with Crippen LogP contribution in [0.25, 0.3) is 0 Å². The first-order chi connectivity index (χ1) is 3.38. The summed E-state index contributed by atoms with van der Waals surface area (Å²) in [5, 5.41) is 0.934. The first-order valence-electron chi connectivity index (χ1n) is 2.22. The van der Waals surface area contributed by atoms with E-state index in [1.54, 1.807) is 0 Å². The minimum absolute atomic E-state index is 0.333. The van der Waals surface area contributed by atoms with Gasteiger partial charge in [0, 0.05) is 5.33 Å². The van der Waals surface area contributed by atoms with E-state index < -0.39 is 0 Å². The van der Waals surface area contributed by atoms with Crippen molar-refractivity contribution in [1.29, 1.82) is 0 Å². The smallest absolute Gasteiger partial charge is 0.103 e. The number of ether oxygens (including phenoxy) is 1. The Kier molecular flexibility index (Phi) is 1.50. The number of halogens is 1. The molecule has 0 saturated carbocycles. The van der Waals surface area contributed by atoms with E-state index in [2.05, 4.69) is 22.5 Å². The Morgan fingerprint density at radius 1 is 1.86 bits per heavy atom. The van der Waals surface area contributed by atoms with E-state index in [0.29, 0.717) is 12.2 Å². The highest BCUT2D eigenvalue weighted by Crippen LogP contribution is 2.23. The first-order valence-corrected chi connectivity index (χ1v) is 3.34.